The smallest absolute Gasteiger partial charge is 0.131 e. The minimum Gasteiger partial charge on any atom is -0.379 e. The number of fused-ring (bicyclic) bond motifs is 1. The fraction of sp³-hybridized carbons (Fsp3) is 0.923. The van der Waals surface area contributed by atoms with E-state index in [4.69, 9.17) is 4.74 Å². The van der Waals surface area contributed by atoms with Crippen LogP contribution in [0.15, 0.2) is 0 Å². The highest BCUT2D eigenvalue weighted by molar-refractivity contribution is 9.10. The van der Waals surface area contributed by atoms with Crippen LogP contribution < -0.4 is 0 Å². The number of nitriles is 1. The van der Waals surface area contributed by atoms with Gasteiger partial charge in [-0.3, -0.25) is 4.90 Å². The van der Waals surface area contributed by atoms with Crippen LogP contribution >= 0.6 is 15.9 Å². The first-order chi connectivity index (χ1) is 8.23. The lowest BCUT2D eigenvalue weighted by Crippen LogP contribution is -2.75. The molecule has 4 heteroatoms. The van der Waals surface area contributed by atoms with Crippen LogP contribution in [0, 0.1) is 17.2 Å². The third-order valence-electron chi connectivity index (χ3n) is 5.00. The maximum absolute atomic E-state index is 9.53. The molecule has 0 spiro atoms. The van der Waals surface area contributed by atoms with Crippen LogP contribution in [0.25, 0.3) is 0 Å². The molecule has 0 aromatic carbocycles. The van der Waals surface area contributed by atoms with Crippen molar-refractivity contribution in [1.82, 2.24) is 4.90 Å². The Morgan fingerprint density at radius 3 is 2.71 bits per heavy atom. The Hall–Kier alpha value is -0.110. The van der Waals surface area contributed by atoms with Crippen molar-refractivity contribution in [2.45, 2.75) is 42.0 Å². The van der Waals surface area contributed by atoms with E-state index in [1.165, 1.54) is 25.7 Å². The lowest BCUT2D eigenvalue weighted by atomic mass is 9.52. The summed E-state index contributed by atoms with van der Waals surface area (Å²) in [6.07, 6.45) is 6.11. The minimum absolute atomic E-state index is 0.101. The Balaban J connectivity index is 1.90. The van der Waals surface area contributed by atoms with Crippen LogP contribution in [-0.2, 0) is 4.74 Å². The highest BCUT2D eigenvalue weighted by Crippen LogP contribution is 2.62. The quantitative estimate of drug-likeness (QED) is 0.697. The summed E-state index contributed by atoms with van der Waals surface area (Å²) in [6, 6.07) is 2.55. The summed E-state index contributed by atoms with van der Waals surface area (Å²) in [6.45, 7) is 3.63. The highest BCUT2D eigenvalue weighted by atomic mass is 79.9. The van der Waals surface area contributed by atoms with E-state index >= 15 is 0 Å². The Morgan fingerprint density at radius 2 is 2.06 bits per heavy atom. The van der Waals surface area contributed by atoms with Crippen molar-refractivity contribution in [2.24, 2.45) is 5.92 Å². The molecule has 0 radical (unpaired) electrons. The van der Waals surface area contributed by atoms with Crippen LogP contribution in [0.1, 0.15) is 32.1 Å². The summed E-state index contributed by atoms with van der Waals surface area (Å²) in [5.41, 5.74) is 0.101. The van der Waals surface area contributed by atoms with E-state index in [1.807, 2.05) is 0 Å². The molecule has 3 aliphatic rings. The molecule has 0 aromatic heterocycles. The Labute approximate surface area is 111 Å². The van der Waals surface area contributed by atoms with E-state index in [1.54, 1.807) is 0 Å². The summed E-state index contributed by atoms with van der Waals surface area (Å²) in [5, 5.41) is 9.53. The van der Waals surface area contributed by atoms with Gasteiger partial charge in [0.15, 0.2) is 0 Å². The second-order valence-corrected chi connectivity index (χ2v) is 6.94. The molecule has 0 aromatic rings. The zero-order valence-corrected chi connectivity index (χ0v) is 11.7. The van der Waals surface area contributed by atoms with E-state index < -0.39 is 0 Å². The highest BCUT2D eigenvalue weighted by Gasteiger charge is 2.67. The predicted octanol–water partition coefficient (Wildman–Crippen LogP) is 2.31. The van der Waals surface area contributed by atoms with Crippen molar-refractivity contribution in [3.05, 3.63) is 0 Å². The average Bonchev–Trinajstić information content (AvgIpc) is 2.38. The van der Waals surface area contributed by atoms with Gasteiger partial charge in [0.25, 0.3) is 0 Å². The third-order valence-corrected chi connectivity index (χ3v) is 6.19. The van der Waals surface area contributed by atoms with E-state index in [0.717, 1.165) is 32.7 Å². The van der Waals surface area contributed by atoms with Gasteiger partial charge < -0.3 is 4.74 Å². The van der Waals surface area contributed by atoms with Crippen LogP contribution in [0.3, 0.4) is 0 Å². The lowest BCUT2D eigenvalue weighted by Gasteiger charge is -2.66. The van der Waals surface area contributed by atoms with E-state index in [2.05, 4.69) is 26.9 Å². The van der Waals surface area contributed by atoms with Crippen LogP contribution in [0.5, 0.6) is 0 Å². The van der Waals surface area contributed by atoms with E-state index in [9.17, 15) is 5.26 Å². The summed E-state index contributed by atoms with van der Waals surface area (Å²) in [7, 11) is 0. The summed E-state index contributed by atoms with van der Waals surface area (Å²) >= 11 is 3.76. The van der Waals surface area contributed by atoms with Crippen molar-refractivity contribution in [1.29, 1.82) is 5.26 Å². The number of hydrogen-bond donors (Lipinski definition) is 0. The van der Waals surface area contributed by atoms with Crippen molar-refractivity contribution in [2.75, 3.05) is 26.3 Å². The fourth-order valence-electron chi connectivity index (χ4n) is 4.18. The summed E-state index contributed by atoms with van der Waals surface area (Å²) in [4.78, 5) is 2.54. The molecule has 94 valence electrons. The monoisotopic (exact) mass is 298 g/mol. The second kappa shape index (κ2) is 4.22. The number of ether oxygens (including phenoxy) is 1. The van der Waals surface area contributed by atoms with Gasteiger partial charge in [0, 0.05) is 13.1 Å². The lowest BCUT2D eigenvalue weighted by molar-refractivity contribution is -0.120. The van der Waals surface area contributed by atoms with Crippen molar-refractivity contribution >= 4 is 15.9 Å². The molecular formula is C13H19BrN2O. The van der Waals surface area contributed by atoms with Gasteiger partial charge in [0.2, 0.25) is 0 Å². The summed E-state index contributed by atoms with van der Waals surface area (Å²) in [5.74, 6) is 0.716. The van der Waals surface area contributed by atoms with E-state index in [0.29, 0.717) is 5.92 Å². The number of rotatable bonds is 1. The van der Waals surface area contributed by atoms with Gasteiger partial charge in [-0.15, -0.1) is 0 Å². The molecule has 3 rings (SSSR count). The second-order valence-electron chi connectivity index (χ2n) is 5.58. The third kappa shape index (κ3) is 1.52. The molecule has 3 fully saturated rings. The van der Waals surface area contributed by atoms with Gasteiger partial charge in [-0.25, -0.2) is 0 Å². The predicted molar refractivity (Wildman–Crippen MR) is 69.0 cm³/mol. The van der Waals surface area contributed by atoms with Crippen LogP contribution in [-0.4, -0.2) is 41.1 Å². The SMILES string of the molecule is N#CC1(Br)CC2CCCCC21N1CCOCC1. The first kappa shape index (κ1) is 12.0. The molecule has 3 unspecified atom stereocenters. The Kier molecular flexibility index (Phi) is 2.97. The minimum atomic E-state index is -0.303. The number of halogens is 1. The maximum atomic E-state index is 9.53. The van der Waals surface area contributed by atoms with Crippen molar-refractivity contribution in [3.8, 4) is 6.07 Å². The standard InChI is InChI=1S/C13H19BrN2O/c14-12(10-15)9-11-3-1-2-4-13(11,12)16-5-7-17-8-6-16/h11H,1-9H2. The van der Waals surface area contributed by atoms with Gasteiger partial charge in [-0.1, -0.05) is 28.8 Å². The molecule has 17 heavy (non-hydrogen) atoms. The number of nitrogens with zero attached hydrogens (tertiary/aromatic N) is 2. The van der Waals surface area contributed by atoms with Crippen molar-refractivity contribution in [3.63, 3.8) is 0 Å². The largest absolute Gasteiger partial charge is 0.379 e. The molecule has 0 amide bonds. The Bertz CT molecular complexity index is 350. The molecular weight excluding hydrogens is 280 g/mol. The number of hydrogen-bond acceptors (Lipinski definition) is 3. The molecule has 1 saturated heterocycles. The topological polar surface area (TPSA) is 36.3 Å². The van der Waals surface area contributed by atoms with Gasteiger partial charge >= 0.3 is 0 Å². The van der Waals surface area contributed by atoms with Crippen LogP contribution in [0.4, 0.5) is 0 Å². The molecule has 1 heterocycles. The molecule has 1 aliphatic heterocycles. The van der Waals surface area contributed by atoms with Gasteiger partial charge in [0.1, 0.15) is 4.32 Å². The molecule has 2 saturated carbocycles. The van der Waals surface area contributed by atoms with Gasteiger partial charge in [-0.05, 0) is 25.2 Å². The maximum Gasteiger partial charge on any atom is 0.131 e. The molecule has 0 bridgehead atoms. The molecule has 2 aliphatic carbocycles. The fourth-order valence-corrected chi connectivity index (χ4v) is 5.34. The Morgan fingerprint density at radius 1 is 1.29 bits per heavy atom. The zero-order valence-electron chi connectivity index (χ0n) is 10.1. The van der Waals surface area contributed by atoms with Gasteiger partial charge in [0.05, 0.1) is 24.8 Å². The molecule has 3 atom stereocenters. The van der Waals surface area contributed by atoms with Crippen molar-refractivity contribution < 1.29 is 4.74 Å². The van der Waals surface area contributed by atoms with E-state index in [-0.39, 0.29) is 9.86 Å². The van der Waals surface area contributed by atoms with Gasteiger partial charge in [-0.2, -0.15) is 5.26 Å². The first-order valence-electron chi connectivity index (χ1n) is 6.66. The zero-order chi connectivity index (χ0) is 11.9. The normalized spacial score (nSPS) is 46.7. The number of alkyl halides is 1. The van der Waals surface area contributed by atoms with Crippen LogP contribution in [0.2, 0.25) is 0 Å². The summed E-state index contributed by atoms with van der Waals surface area (Å²) < 4.78 is 5.15. The number of morpholine rings is 1. The average molecular weight is 299 g/mol. The first-order valence-corrected chi connectivity index (χ1v) is 7.45. The molecule has 0 N–H and O–H groups in total. The molecule has 3 nitrogen and oxygen atoms in total.